The van der Waals surface area contributed by atoms with Gasteiger partial charge in [-0.05, 0) is 37.5 Å². The number of aromatic nitrogens is 1. The van der Waals surface area contributed by atoms with Gasteiger partial charge in [0.05, 0.1) is 12.1 Å². The van der Waals surface area contributed by atoms with Crippen LogP contribution in [0.4, 0.5) is 0 Å². The molecule has 1 aliphatic heterocycles. The lowest BCUT2D eigenvalue weighted by molar-refractivity contribution is 0.0876. The lowest BCUT2D eigenvalue weighted by atomic mass is 9.89. The Labute approximate surface area is 145 Å². The number of nitrogens with one attached hydrogen (secondary N) is 2. The van der Waals surface area contributed by atoms with Crippen LogP contribution in [0.15, 0.2) is 41.3 Å². The van der Waals surface area contributed by atoms with Gasteiger partial charge in [-0.3, -0.25) is 9.59 Å². The zero-order chi connectivity index (χ0) is 17.2. The van der Waals surface area contributed by atoms with E-state index in [9.17, 15) is 9.59 Å². The number of hydrogen-bond acceptors (Lipinski definition) is 3. The molecule has 3 rings (SSSR count). The van der Waals surface area contributed by atoms with Crippen molar-refractivity contribution in [3.8, 4) is 0 Å². The van der Waals surface area contributed by atoms with Crippen molar-refractivity contribution >= 4 is 17.5 Å². The summed E-state index contributed by atoms with van der Waals surface area (Å²) >= 11 is 5.92. The van der Waals surface area contributed by atoms with Gasteiger partial charge < -0.3 is 15.0 Å². The van der Waals surface area contributed by atoms with Gasteiger partial charge in [0, 0.05) is 29.6 Å². The van der Waals surface area contributed by atoms with Gasteiger partial charge in [-0.15, -0.1) is 0 Å². The molecule has 5 nitrogen and oxygen atoms in total. The first-order valence-corrected chi connectivity index (χ1v) is 8.19. The third-order valence-electron chi connectivity index (χ3n) is 4.24. The lowest BCUT2D eigenvalue weighted by Crippen LogP contribution is -2.51. The van der Waals surface area contributed by atoms with E-state index in [0.717, 1.165) is 11.3 Å². The average Bonchev–Trinajstić information content (AvgIpc) is 2.97. The van der Waals surface area contributed by atoms with Crippen molar-refractivity contribution in [2.24, 2.45) is 0 Å². The van der Waals surface area contributed by atoms with E-state index in [2.05, 4.69) is 10.3 Å². The Bertz CT molecular complexity index is 793. The Hall–Kier alpha value is -2.11. The third kappa shape index (κ3) is 3.68. The zero-order valence-electron chi connectivity index (χ0n) is 13.4. The van der Waals surface area contributed by atoms with Crippen molar-refractivity contribution < 1.29 is 9.53 Å². The molecule has 0 bridgehead atoms. The quantitative estimate of drug-likeness (QED) is 0.893. The van der Waals surface area contributed by atoms with E-state index >= 15 is 0 Å². The van der Waals surface area contributed by atoms with Gasteiger partial charge in [-0.2, -0.15) is 0 Å². The number of benzene rings is 1. The summed E-state index contributed by atoms with van der Waals surface area (Å²) in [5, 5.41) is 3.69. The largest absolute Gasteiger partial charge is 0.379 e. The molecular weight excluding hydrogens is 328 g/mol. The number of H-pyrrole nitrogens is 1. The van der Waals surface area contributed by atoms with Crippen molar-refractivity contribution in [2.75, 3.05) is 13.2 Å². The SMILES string of the molecule is Cc1cc(=O)c(C(=O)NC2(Cc3ccc(Cl)cc3)CCOC2)c[nH]1. The monoisotopic (exact) mass is 346 g/mol. The molecule has 1 unspecified atom stereocenters. The van der Waals surface area contributed by atoms with Crippen LogP contribution in [0.25, 0.3) is 0 Å². The number of amides is 1. The Morgan fingerprint density at radius 3 is 2.75 bits per heavy atom. The van der Waals surface area contributed by atoms with Gasteiger partial charge in [0.25, 0.3) is 5.91 Å². The fraction of sp³-hybridized carbons (Fsp3) is 0.333. The summed E-state index contributed by atoms with van der Waals surface area (Å²) in [6.07, 6.45) is 2.78. The molecule has 2 N–H and O–H groups in total. The molecule has 1 aromatic heterocycles. The summed E-state index contributed by atoms with van der Waals surface area (Å²) in [6.45, 7) is 2.78. The van der Waals surface area contributed by atoms with Crippen molar-refractivity contribution in [3.63, 3.8) is 0 Å². The van der Waals surface area contributed by atoms with Crippen LogP contribution in [0.5, 0.6) is 0 Å². The van der Waals surface area contributed by atoms with E-state index in [-0.39, 0.29) is 16.9 Å². The molecule has 1 amide bonds. The van der Waals surface area contributed by atoms with Crippen LogP contribution in [-0.4, -0.2) is 29.6 Å². The first kappa shape index (κ1) is 16.7. The van der Waals surface area contributed by atoms with E-state index in [0.29, 0.717) is 31.1 Å². The Balaban J connectivity index is 1.81. The van der Waals surface area contributed by atoms with Gasteiger partial charge in [-0.25, -0.2) is 0 Å². The molecule has 1 atom stereocenters. The second-order valence-corrected chi connectivity index (χ2v) is 6.67. The predicted octanol–water partition coefficient (Wildman–Crippen LogP) is 2.47. The molecule has 1 aromatic carbocycles. The highest BCUT2D eigenvalue weighted by Gasteiger charge is 2.37. The van der Waals surface area contributed by atoms with Gasteiger partial charge in [0.15, 0.2) is 5.43 Å². The number of carbonyl (C=O) groups is 1. The molecule has 2 aromatic rings. The highest BCUT2D eigenvalue weighted by molar-refractivity contribution is 6.30. The smallest absolute Gasteiger partial charge is 0.257 e. The number of aromatic amines is 1. The van der Waals surface area contributed by atoms with E-state index in [1.165, 1.54) is 12.3 Å². The Morgan fingerprint density at radius 2 is 2.12 bits per heavy atom. The number of halogens is 1. The molecular formula is C18H19ClN2O3. The highest BCUT2D eigenvalue weighted by Crippen LogP contribution is 2.25. The van der Waals surface area contributed by atoms with Crippen LogP contribution in [0.3, 0.4) is 0 Å². The number of pyridine rings is 1. The number of carbonyl (C=O) groups excluding carboxylic acids is 1. The lowest BCUT2D eigenvalue weighted by Gasteiger charge is -2.29. The summed E-state index contributed by atoms with van der Waals surface area (Å²) in [5.74, 6) is -0.379. The van der Waals surface area contributed by atoms with E-state index in [1.807, 2.05) is 24.3 Å². The third-order valence-corrected chi connectivity index (χ3v) is 4.49. The average molecular weight is 347 g/mol. The van der Waals surface area contributed by atoms with E-state index in [4.69, 9.17) is 16.3 Å². The van der Waals surface area contributed by atoms with Crippen LogP contribution in [0.1, 0.15) is 28.0 Å². The molecule has 24 heavy (non-hydrogen) atoms. The second-order valence-electron chi connectivity index (χ2n) is 6.23. The number of rotatable bonds is 4. The number of ether oxygens (including phenoxy) is 1. The normalized spacial score (nSPS) is 20.1. The number of hydrogen-bond donors (Lipinski definition) is 2. The second kappa shape index (κ2) is 6.79. The molecule has 1 aliphatic rings. The molecule has 1 saturated heterocycles. The fourth-order valence-electron chi connectivity index (χ4n) is 2.94. The maximum Gasteiger partial charge on any atom is 0.257 e. The summed E-state index contributed by atoms with van der Waals surface area (Å²) in [4.78, 5) is 27.5. The zero-order valence-corrected chi connectivity index (χ0v) is 14.2. The number of aryl methyl sites for hydroxylation is 1. The van der Waals surface area contributed by atoms with Crippen molar-refractivity contribution in [1.29, 1.82) is 0 Å². The first-order chi connectivity index (χ1) is 11.5. The fourth-order valence-corrected chi connectivity index (χ4v) is 3.07. The maximum absolute atomic E-state index is 12.6. The van der Waals surface area contributed by atoms with Crippen molar-refractivity contribution in [3.05, 3.63) is 68.6 Å². The van der Waals surface area contributed by atoms with Crippen molar-refractivity contribution in [1.82, 2.24) is 10.3 Å². The minimum atomic E-state index is -0.512. The van der Waals surface area contributed by atoms with E-state index in [1.54, 1.807) is 6.92 Å². The van der Waals surface area contributed by atoms with Crippen LogP contribution < -0.4 is 10.7 Å². The molecule has 0 radical (unpaired) electrons. The Morgan fingerprint density at radius 1 is 1.38 bits per heavy atom. The van der Waals surface area contributed by atoms with Gasteiger partial charge >= 0.3 is 0 Å². The molecule has 0 saturated carbocycles. The molecule has 0 spiro atoms. The Kier molecular flexibility index (Phi) is 4.73. The van der Waals surface area contributed by atoms with Gasteiger partial charge in [-0.1, -0.05) is 23.7 Å². The minimum absolute atomic E-state index is 0.114. The first-order valence-electron chi connectivity index (χ1n) is 7.81. The summed E-state index contributed by atoms with van der Waals surface area (Å²) in [6, 6.07) is 8.95. The maximum atomic E-state index is 12.6. The predicted molar refractivity (Wildman–Crippen MR) is 92.6 cm³/mol. The minimum Gasteiger partial charge on any atom is -0.379 e. The van der Waals surface area contributed by atoms with Crippen LogP contribution in [0, 0.1) is 6.92 Å². The van der Waals surface area contributed by atoms with Crippen LogP contribution in [-0.2, 0) is 11.2 Å². The van der Waals surface area contributed by atoms with Gasteiger partial charge in [0.2, 0.25) is 0 Å². The highest BCUT2D eigenvalue weighted by atomic mass is 35.5. The molecule has 126 valence electrons. The van der Waals surface area contributed by atoms with Gasteiger partial charge in [0.1, 0.15) is 5.56 Å². The van der Waals surface area contributed by atoms with Crippen molar-refractivity contribution in [2.45, 2.75) is 25.3 Å². The molecule has 6 heteroatoms. The topological polar surface area (TPSA) is 71.2 Å². The van der Waals surface area contributed by atoms with Crippen LogP contribution >= 0.6 is 11.6 Å². The standard InChI is InChI=1S/C18H19ClN2O3/c1-12-8-16(22)15(10-20-12)17(23)21-18(6-7-24-11-18)9-13-2-4-14(19)5-3-13/h2-5,8,10H,6-7,9,11H2,1H3,(H,20,22)(H,21,23). The van der Waals surface area contributed by atoms with Crippen LogP contribution in [0.2, 0.25) is 5.02 Å². The summed E-state index contributed by atoms with van der Waals surface area (Å²) in [7, 11) is 0. The molecule has 1 fully saturated rings. The molecule has 0 aliphatic carbocycles. The van der Waals surface area contributed by atoms with E-state index < -0.39 is 5.54 Å². The summed E-state index contributed by atoms with van der Waals surface area (Å²) < 4.78 is 5.52. The molecule has 2 heterocycles. The summed E-state index contributed by atoms with van der Waals surface area (Å²) in [5.41, 5.74) is 1.09.